The normalized spacial score (nSPS) is 13.9. The van der Waals surface area contributed by atoms with Crippen molar-refractivity contribution in [2.45, 2.75) is 22.8 Å². The zero-order valence-electron chi connectivity index (χ0n) is 19.2. The molecule has 1 fully saturated rings. The molecule has 0 N–H and O–H groups in total. The van der Waals surface area contributed by atoms with Crippen LogP contribution in [-0.4, -0.2) is 53.2 Å². The smallest absolute Gasteiger partial charge is 0.274 e. The highest BCUT2D eigenvalue weighted by atomic mass is 35.5. The van der Waals surface area contributed by atoms with Crippen LogP contribution in [0.4, 0.5) is 5.69 Å². The van der Waals surface area contributed by atoms with Gasteiger partial charge in [-0.2, -0.15) is 0 Å². The molecular weight excluding hydrogens is 505 g/mol. The molecule has 0 atom stereocenters. The van der Waals surface area contributed by atoms with Gasteiger partial charge in [-0.15, -0.1) is 24.8 Å². The lowest BCUT2D eigenvalue weighted by Crippen LogP contribution is -2.47. The number of hydrogen-bond donors (Lipinski definition) is 0. The van der Waals surface area contributed by atoms with E-state index in [-0.39, 0.29) is 47.6 Å². The van der Waals surface area contributed by atoms with Gasteiger partial charge in [0.15, 0.2) is 5.78 Å². The fourth-order valence-electron chi connectivity index (χ4n) is 4.02. The number of piperazine rings is 1. The van der Waals surface area contributed by atoms with E-state index in [9.17, 15) is 14.9 Å². The van der Waals surface area contributed by atoms with Crippen molar-refractivity contribution in [1.29, 1.82) is 0 Å². The predicted molar refractivity (Wildman–Crippen MR) is 145 cm³/mol. The lowest BCUT2D eigenvalue weighted by molar-refractivity contribution is -0.385. The number of nitrogens with zero attached hydrogens (tertiary/aromatic N) is 3. The van der Waals surface area contributed by atoms with E-state index in [1.54, 1.807) is 12.1 Å². The summed E-state index contributed by atoms with van der Waals surface area (Å²) in [5.41, 5.74) is 1.78. The number of carbonyl (C=O) groups is 1. The van der Waals surface area contributed by atoms with Crippen LogP contribution in [0.5, 0.6) is 0 Å². The van der Waals surface area contributed by atoms with Gasteiger partial charge in [-0.3, -0.25) is 24.7 Å². The van der Waals surface area contributed by atoms with Gasteiger partial charge in [0.05, 0.1) is 11.5 Å². The van der Waals surface area contributed by atoms with E-state index in [4.69, 9.17) is 0 Å². The second kappa shape index (κ2) is 14.2. The third-order valence-corrected chi connectivity index (χ3v) is 6.73. The number of nitro groups is 1. The molecule has 1 heterocycles. The molecule has 0 saturated carbocycles. The van der Waals surface area contributed by atoms with E-state index in [2.05, 4.69) is 34.1 Å². The van der Waals surface area contributed by atoms with Crippen LogP contribution in [0.15, 0.2) is 88.7 Å². The maximum Gasteiger partial charge on any atom is 0.274 e. The van der Waals surface area contributed by atoms with E-state index in [0.29, 0.717) is 12.1 Å². The highest BCUT2D eigenvalue weighted by molar-refractivity contribution is 7.99. The lowest BCUT2D eigenvalue weighted by Gasteiger charge is -2.34. The minimum atomic E-state index is -0.389. The first-order chi connectivity index (χ1) is 16.1. The first-order valence-corrected chi connectivity index (χ1v) is 11.9. The van der Waals surface area contributed by atoms with Crippen LogP contribution in [0, 0.1) is 10.1 Å². The summed E-state index contributed by atoms with van der Waals surface area (Å²) in [6.45, 7) is 4.72. The van der Waals surface area contributed by atoms with Crippen molar-refractivity contribution >= 4 is 48.0 Å². The SMILES string of the molecule is Cl.Cl.O=C(Cc1ccc(Sc2ccccc2)cc1[N+](=O)[O-])CN1CCN(Cc2ccccc2)CC1. The maximum atomic E-state index is 12.7. The van der Waals surface area contributed by atoms with Gasteiger partial charge in [-0.05, 0) is 23.8 Å². The Balaban J connectivity index is 0.00000216. The van der Waals surface area contributed by atoms with E-state index in [1.807, 2.05) is 42.5 Å². The molecule has 35 heavy (non-hydrogen) atoms. The van der Waals surface area contributed by atoms with Crippen molar-refractivity contribution < 1.29 is 9.72 Å². The third kappa shape index (κ3) is 8.63. The summed E-state index contributed by atoms with van der Waals surface area (Å²) >= 11 is 1.47. The van der Waals surface area contributed by atoms with Crippen molar-refractivity contribution in [1.82, 2.24) is 9.80 Å². The van der Waals surface area contributed by atoms with Crippen LogP contribution < -0.4 is 0 Å². The fourth-order valence-corrected chi connectivity index (χ4v) is 4.89. The van der Waals surface area contributed by atoms with Crippen LogP contribution >= 0.6 is 36.6 Å². The minimum Gasteiger partial charge on any atom is -0.298 e. The molecule has 1 saturated heterocycles. The van der Waals surface area contributed by atoms with Gasteiger partial charge in [0.25, 0.3) is 5.69 Å². The Labute approximate surface area is 222 Å². The molecule has 0 bridgehead atoms. The Morgan fingerprint density at radius 2 is 1.43 bits per heavy atom. The Bertz CT molecular complexity index is 1100. The van der Waals surface area contributed by atoms with Crippen LogP contribution in [-0.2, 0) is 17.8 Å². The van der Waals surface area contributed by atoms with Crippen LogP contribution in [0.25, 0.3) is 0 Å². The maximum absolute atomic E-state index is 12.7. The Morgan fingerprint density at radius 1 is 0.829 bits per heavy atom. The van der Waals surface area contributed by atoms with Crippen molar-refractivity contribution in [3.05, 3.63) is 100 Å². The van der Waals surface area contributed by atoms with Crippen molar-refractivity contribution in [2.24, 2.45) is 0 Å². The molecule has 6 nitrogen and oxygen atoms in total. The van der Waals surface area contributed by atoms with E-state index in [0.717, 1.165) is 42.5 Å². The second-order valence-corrected chi connectivity index (χ2v) is 9.36. The molecule has 0 spiro atoms. The lowest BCUT2D eigenvalue weighted by atomic mass is 10.1. The molecule has 1 aliphatic heterocycles. The highest BCUT2D eigenvalue weighted by Gasteiger charge is 2.22. The summed E-state index contributed by atoms with van der Waals surface area (Å²) in [4.78, 5) is 30.3. The summed E-state index contributed by atoms with van der Waals surface area (Å²) < 4.78 is 0. The molecule has 1 aliphatic rings. The van der Waals surface area contributed by atoms with Gasteiger partial charge in [-0.25, -0.2) is 0 Å². The van der Waals surface area contributed by atoms with Gasteiger partial charge < -0.3 is 0 Å². The van der Waals surface area contributed by atoms with Gasteiger partial charge in [-0.1, -0.05) is 66.4 Å². The Kier molecular flexibility index (Phi) is 11.7. The molecule has 9 heteroatoms. The summed E-state index contributed by atoms with van der Waals surface area (Å²) in [5.74, 6) is 0.0121. The summed E-state index contributed by atoms with van der Waals surface area (Å²) in [6.07, 6.45) is 0.0802. The summed E-state index contributed by atoms with van der Waals surface area (Å²) in [7, 11) is 0. The van der Waals surface area contributed by atoms with Gasteiger partial charge in [0.2, 0.25) is 0 Å². The quantitative estimate of drug-likeness (QED) is 0.266. The number of hydrogen-bond acceptors (Lipinski definition) is 6. The molecule has 0 unspecified atom stereocenters. The number of rotatable bonds is 9. The zero-order valence-corrected chi connectivity index (χ0v) is 21.7. The van der Waals surface area contributed by atoms with Gasteiger partial charge in [0.1, 0.15) is 0 Å². The van der Waals surface area contributed by atoms with Gasteiger partial charge >= 0.3 is 0 Å². The van der Waals surface area contributed by atoms with Crippen molar-refractivity contribution in [3.63, 3.8) is 0 Å². The number of nitro benzene ring substituents is 1. The monoisotopic (exact) mass is 533 g/mol. The average Bonchev–Trinajstić information content (AvgIpc) is 2.82. The molecule has 3 aromatic carbocycles. The standard InChI is InChI=1S/C26H27N3O3S.2ClH/c30-23(20-28-15-13-27(14-16-28)19-21-7-3-1-4-8-21)17-22-11-12-25(18-26(22)29(31)32)33-24-9-5-2-6-10-24;;/h1-12,18H,13-17,19-20H2;2*1H. The number of Topliss-reactive ketones (excluding diaryl/α,β-unsaturated/α-hetero) is 1. The Hall–Kier alpha value is -2.42. The fraction of sp³-hybridized carbons (Fsp3) is 0.269. The van der Waals surface area contributed by atoms with E-state index < -0.39 is 0 Å². The molecule has 3 aromatic rings. The summed E-state index contributed by atoms with van der Waals surface area (Å²) in [5, 5.41) is 11.7. The molecule has 0 amide bonds. The Morgan fingerprint density at radius 3 is 2.06 bits per heavy atom. The third-order valence-electron chi connectivity index (χ3n) is 5.73. The number of benzene rings is 3. The topological polar surface area (TPSA) is 66.7 Å². The van der Waals surface area contributed by atoms with Crippen molar-refractivity contribution in [3.8, 4) is 0 Å². The number of halogens is 2. The summed E-state index contributed by atoms with van der Waals surface area (Å²) in [6, 6.07) is 25.3. The van der Waals surface area contributed by atoms with Crippen LogP contribution in [0.3, 0.4) is 0 Å². The highest BCUT2D eigenvalue weighted by Crippen LogP contribution is 2.32. The molecule has 186 valence electrons. The molecular formula is C26H29Cl2N3O3S. The second-order valence-electron chi connectivity index (χ2n) is 8.22. The number of ketones is 1. The molecule has 4 rings (SSSR count). The molecule has 0 aromatic heterocycles. The first-order valence-electron chi connectivity index (χ1n) is 11.1. The van der Waals surface area contributed by atoms with Crippen LogP contribution in [0.2, 0.25) is 0 Å². The van der Waals surface area contributed by atoms with E-state index in [1.165, 1.54) is 17.3 Å². The average molecular weight is 535 g/mol. The largest absolute Gasteiger partial charge is 0.298 e. The molecule has 0 aliphatic carbocycles. The zero-order chi connectivity index (χ0) is 23.0. The van der Waals surface area contributed by atoms with Crippen LogP contribution in [0.1, 0.15) is 11.1 Å². The number of carbonyl (C=O) groups excluding carboxylic acids is 1. The van der Waals surface area contributed by atoms with Crippen molar-refractivity contribution in [2.75, 3.05) is 32.7 Å². The molecule has 0 radical (unpaired) electrons. The predicted octanol–water partition coefficient (Wildman–Crippen LogP) is 5.52. The minimum absolute atomic E-state index is 0. The first kappa shape index (κ1) is 28.8. The van der Waals surface area contributed by atoms with E-state index >= 15 is 0 Å². The van der Waals surface area contributed by atoms with Gasteiger partial charge in [0, 0.05) is 60.6 Å².